The first-order chi connectivity index (χ1) is 19.6. The summed E-state index contributed by atoms with van der Waals surface area (Å²) < 4.78 is 26.8. The molecular weight excluding hydrogens is 506 g/mol. The van der Waals surface area contributed by atoms with Crippen molar-refractivity contribution in [3.8, 4) is 34.6 Å². The van der Waals surface area contributed by atoms with Crippen LogP contribution in [0.1, 0.15) is 0 Å². The first kappa shape index (κ1) is 23.3. The Morgan fingerprint density at radius 1 is 0.475 bits per heavy atom. The normalized spacial score (nSPS) is 12.5. The number of hydrogen-bond donors (Lipinski definition) is 0. The molecule has 0 aliphatic rings. The number of nitrogens with zero attached hydrogens (tertiary/aromatic N) is 6. The summed E-state index contributed by atoms with van der Waals surface area (Å²) in [4.78, 5) is 15.9. The van der Waals surface area contributed by atoms with Crippen LogP contribution < -0.4 is 10.7 Å². The molecule has 0 atom stereocenters. The van der Waals surface area contributed by atoms with Gasteiger partial charge in [-0.25, -0.2) is 9.97 Å². The Labute approximate surface area is 224 Å². The number of aromatic nitrogens is 2. The molecule has 0 saturated heterocycles. The number of benzene rings is 3. The summed E-state index contributed by atoms with van der Waals surface area (Å²) in [7, 11) is 0. The van der Waals surface area contributed by atoms with E-state index in [1.807, 2.05) is 60.9 Å². The van der Waals surface area contributed by atoms with Crippen LogP contribution in [0.3, 0.4) is 0 Å². The third-order valence-electron chi connectivity index (χ3n) is 7.24. The molecule has 0 amide bonds. The van der Waals surface area contributed by atoms with Crippen LogP contribution in [0, 0.1) is 34.8 Å². The summed E-state index contributed by atoms with van der Waals surface area (Å²) >= 11 is 0. The van der Waals surface area contributed by atoms with Gasteiger partial charge in [0.05, 0.1) is 10.7 Å². The number of fused-ring (bicyclic) bond motifs is 6. The van der Waals surface area contributed by atoms with Crippen LogP contribution in [0.15, 0.2) is 95.2 Å². The maximum Gasteiger partial charge on any atom is 0.212 e. The van der Waals surface area contributed by atoms with Crippen molar-refractivity contribution >= 4 is 43.1 Å². The number of pyridine rings is 2. The Bertz CT molecular complexity index is 2180. The highest BCUT2D eigenvalue weighted by atomic mass is 19.1. The van der Waals surface area contributed by atoms with Gasteiger partial charge < -0.3 is 0 Å². The van der Waals surface area contributed by atoms with Gasteiger partial charge in [0.25, 0.3) is 0 Å². The summed E-state index contributed by atoms with van der Waals surface area (Å²) in [6.45, 7) is 0. The maximum atomic E-state index is 13.4. The number of hydrogen-bond acceptors (Lipinski definition) is 6. The molecule has 0 radical (unpaired) electrons. The summed E-state index contributed by atoms with van der Waals surface area (Å²) in [5.74, 6) is -1.12. The minimum absolute atomic E-state index is 0.536. The highest BCUT2D eigenvalue weighted by Gasteiger charge is 2.16. The van der Waals surface area contributed by atoms with Crippen LogP contribution in [0.4, 0.5) is 8.78 Å². The van der Waals surface area contributed by atoms with Crippen LogP contribution >= 0.6 is 0 Å². The van der Waals surface area contributed by atoms with Crippen molar-refractivity contribution in [2.24, 2.45) is 9.98 Å². The molecule has 2 heterocycles. The lowest BCUT2D eigenvalue weighted by Crippen LogP contribution is -1.99. The predicted octanol–water partition coefficient (Wildman–Crippen LogP) is 6.34. The third kappa shape index (κ3) is 3.52. The van der Waals surface area contributed by atoms with Gasteiger partial charge in [0.2, 0.25) is 24.3 Å². The quantitative estimate of drug-likeness (QED) is 0.196. The van der Waals surface area contributed by atoms with Crippen molar-refractivity contribution in [2.45, 2.75) is 0 Å². The largest absolute Gasteiger partial charge is 0.228 e. The molecule has 7 rings (SSSR count). The summed E-state index contributed by atoms with van der Waals surface area (Å²) in [6.07, 6.45) is 6.79. The lowest BCUT2D eigenvalue weighted by Gasteiger charge is -2.02. The number of nitriles is 2. The first-order valence-corrected chi connectivity index (χ1v) is 12.2. The molecule has 0 aliphatic carbocycles. The standard InChI is InChI=1S/C32H14F2N6/c33-29-7-3-19(13-37-29)17-1-5-21-23-11-28-24(12-27(23)31(39-15-35)25(21)9-17)22-6-2-18(10-26(22)32(28)40-16-36)20-4-8-30(34)38-14-20/h1-14H. The molecule has 0 fully saturated rings. The Morgan fingerprint density at radius 2 is 0.875 bits per heavy atom. The summed E-state index contributed by atoms with van der Waals surface area (Å²) in [5, 5.41) is 26.8. The van der Waals surface area contributed by atoms with Gasteiger partial charge in [0.1, 0.15) is 0 Å². The fourth-order valence-electron chi connectivity index (χ4n) is 5.47. The average Bonchev–Trinajstić information content (AvgIpc) is 3.44. The van der Waals surface area contributed by atoms with Gasteiger partial charge in [-0.2, -0.15) is 29.3 Å². The van der Waals surface area contributed by atoms with Gasteiger partial charge in [-0.1, -0.05) is 24.3 Å². The van der Waals surface area contributed by atoms with Gasteiger partial charge in [0.15, 0.2) is 0 Å². The van der Waals surface area contributed by atoms with Crippen molar-refractivity contribution in [3.63, 3.8) is 0 Å². The Hall–Kier alpha value is -5.86. The zero-order chi connectivity index (χ0) is 27.4. The van der Waals surface area contributed by atoms with E-state index in [9.17, 15) is 19.3 Å². The van der Waals surface area contributed by atoms with Gasteiger partial charge in [-0.05, 0) is 81.2 Å². The predicted molar refractivity (Wildman–Crippen MR) is 148 cm³/mol. The highest BCUT2D eigenvalue weighted by Crippen LogP contribution is 2.35. The second-order valence-corrected chi connectivity index (χ2v) is 9.32. The molecule has 5 aromatic carbocycles. The second-order valence-electron chi connectivity index (χ2n) is 9.32. The molecular formula is C32H14F2N6. The summed E-state index contributed by atoms with van der Waals surface area (Å²) in [6, 6.07) is 21.5. The summed E-state index contributed by atoms with van der Waals surface area (Å²) in [5.41, 5.74) is 3.11. The van der Waals surface area contributed by atoms with Crippen LogP contribution in [0.5, 0.6) is 0 Å². The molecule has 8 heteroatoms. The Morgan fingerprint density at radius 3 is 1.25 bits per heavy atom. The molecule has 0 unspecified atom stereocenters. The van der Waals surface area contributed by atoms with E-state index in [0.29, 0.717) is 10.7 Å². The van der Waals surface area contributed by atoms with Crippen LogP contribution in [0.25, 0.3) is 65.3 Å². The maximum absolute atomic E-state index is 13.4. The number of halogens is 2. The SMILES string of the molecule is N#CN=c1c2cc(-c3ccc(F)nc3)ccc2c2cc3c(=NC#N)c4cc(-c5ccc(F)nc5)ccc4c3cc12. The zero-order valence-corrected chi connectivity index (χ0v) is 20.5. The second kappa shape index (κ2) is 8.87. The van der Waals surface area contributed by atoms with Crippen molar-refractivity contribution in [2.75, 3.05) is 0 Å². The zero-order valence-electron chi connectivity index (χ0n) is 20.5. The highest BCUT2D eigenvalue weighted by molar-refractivity contribution is 6.21. The van der Waals surface area contributed by atoms with Gasteiger partial charge in [-0.3, -0.25) is 0 Å². The van der Waals surface area contributed by atoms with Gasteiger partial charge in [0, 0.05) is 45.1 Å². The topological polar surface area (TPSA) is 98.1 Å². The van der Waals surface area contributed by atoms with E-state index in [0.717, 1.165) is 65.3 Å². The molecule has 0 bridgehead atoms. The van der Waals surface area contributed by atoms with Crippen molar-refractivity contribution < 1.29 is 8.78 Å². The van der Waals surface area contributed by atoms with Crippen molar-refractivity contribution in [3.05, 3.63) is 108 Å². The minimum atomic E-state index is -0.560. The lowest BCUT2D eigenvalue weighted by atomic mass is 10.0. The van der Waals surface area contributed by atoms with Crippen molar-refractivity contribution in [1.82, 2.24) is 9.97 Å². The molecule has 186 valence electrons. The molecule has 0 N–H and O–H groups in total. The molecule has 6 nitrogen and oxygen atoms in total. The Balaban J connectivity index is 1.54. The average molecular weight is 521 g/mol. The van der Waals surface area contributed by atoms with E-state index in [1.165, 1.54) is 24.5 Å². The van der Waals surface area contributed by atoms with E-state index >= 15 is 0 Å². The van der Waals surface area contributed by atoms with E-state index in [4.69, 9.17) is 0 Å². The molecule has 0 aliphatic heterocycles. The van der Waals surface area contributed by atoms with E-state index in [1.54, 1.807) is 12.1 Å². The first-order valence-electron chi connectivity index (χ1n) is 12.2. The van der Waals surface area contributed by atoms with Crippen LogP contribution in [0.2, 0.25) is 0 Å². The van der Waals surface area contributed by atoms with Crippen molar-refractivity contribution in [1.29, 1.82) is 10.5 Å². The lowest BCUT2D eigenvalue weighted by molar-refractivity contribution is 0.583. The van der Waals surface area contributed by atoms with E-state index in [2.05, 4.69) is 20.0 Å². The van der Waals surface area contributed by atoms with Gasteiger partial charge >= 0.3 is 0 Å². The minimum Gasteiger partial charge on any atom is -0.228 e. The molecule has 40 heavy (non-hydrogen) atoms. The Kier molecular flexibility index (Phi) is 5.16. The molecule has 7 aromatic rings. The molecule has 2 aromatic heterocycles. The monoisotopic (exact) mass is 520 g/mol. The third-order valence-corrected chi connectivity index (χ3v) is 7.24. The molecule has 0 saturated carbocycles. The fraction of sp³-hybridized carbons (Fsp3) is 0. The van der Waals surface area contributed by atoms with Gasteiger partial charge in [-0.15, -0.1) is 0 Å². The number of rotatable bonds is 2. The van der Waals surface area contributed by atoms with Crippen LogP contribution in [-0.2, 0) is 0 Å². The van der Waals surface area contributed by atoms with E-state index < -0.39 is 11.9 Å². The fourth-order valence-corrected chi connectivity index (χ4v) is 5.47. The molecule has 0 spiro atoms. The van der Waals surface area contributed by atoms with Crippen LogP contribution in [-0.4, -0.2) is 9.97 Å². The van der Waals surface area contributed by atoms with E-state index in [-0.39, 0.29) is 0 Å². The smallest absolute Gasteiger partial charge is 0.212 e.